The summed E-state index contributed by atoms with van der Waals surface area (Å²) in [7, 11) is 0. The summed E-state index contributed by atoms with van der Waals surface area (Å²) >= 11 is 0. The minimum absolute atomic E-state index is 0.0107. The molecule has 1 aromatic carbocycles. The fourth-order valence-electron chi connectivity index (χ4n) is 4.01. The van der Waals surface area contributed by atoms with E-state index < -0.39 is 53.3 Å². The topological polar surface area (TPSA) is 72.5 Å². The van der Waals surface area contributed by atoms with Gasteiger partial charge >= 0.3 is 5.97 Å². The summed E-state index contributed by atoms with van der Waals surface area (Å²) in [5, 5.41) is 2.12. The molecule has 190 valence electrons. The van der Waals surface area contributed by atoms with Crippen molar-refractivity contribution in [3.05, 3.63) is 29.1 Å². The van der Waals surface area contributed by atoms with E-state index in [9.17, 15) is 36.3 Å². The van der Waals surface area contributed by atoms with Gasteiger partial charge in [0.15, 0.2) is 0 Å². The van der Waals surface area contributed by atoms with Gasteiger partial charge in [-0.3, -0.25) is 9.59 Å². The maximum atomic E-state index is 13.6. The largest absolute Gasteiger partial charge is 0.419 e. The van der Waals surface area contributed by atoms with Gasteiger partial charge in [-0.1, -0.05) is 57.8 Å². The third-order valence-electron chi connectivity index (χ3n) is 5.97. The van der Waals surface area contributed by atoms with Crippen molar-refractivity contribution in [1.82, 2.24) is 5.32 Å². The third kappa shape index (κ3) is 8.36. The molecule has 1 saturated carbocycles. The van der Waals surface area contributed by atoms with Gasteiger partial charge in [0.2, 0.25) is 40.7 Å². The van der Waals surface area contributed by atoms with Crippen molar-refractivity contribution in [1.29, 1.82) is 0 Å². The molecule has 0 saturated heterocycles. The number of carbonyl (C=O) groups is 3. The van der Waals surface area contributed by atoms with E-state index in [2.05, 4.69) is 10.1 Å². The quantitative estimate of drug-likeness (QED) is 0.175. The molecule has 1 fully saturated rings. The lowest BCUT2D eigenvalue weighted by atomic mass is 9.88. The van der Waals surface area contributed by atoms with E-state index in [4.69, 9.17) is 0 Å². The Bertz CT molecular complexity index is 836. The molecular formula is C24H30F5NO4. The SMILES string of the molecule is O=C(CCC(=O)C1CCCCCCCCCCC1)NCC(=O)Oc1c(F)c(F)c(F)c(F)c1F. The molecule has 1 aliphatic rings. The van der Waals surface area contributed by atoms with Crippen LogP contribution in [0.1, 0.15) is 83.5 Å². The number of esters is 1. The fraction of sp³-hybridized carbons (Fsp3) is 0.625. The fourth-order valence-corrected chi connectivity index (χ4v) is 4.01. The van der Waals surface area contributed by atoms with Crippen LogP contribution in [0.15, 0.2) is 0 Å². The van der Waals surface area contributed by atoms with Crippen molar-refractivity contribution in [2.45, 2.75) is 83.5 Å². The van der Waals surface area contributed by atoms with Gasteiger partial charge in [0.1, 0.15) is 12.3 Å². The molecule has 0 atom stereocenters. The van der Waals surface area contributed by atoms with Crippen molar-refractivity contribution in [3.8, 4) is 5.75 Å². The first kappa shape index (κ1) is 27.7. The lowest BCUT2D eigenvalue weighted by Gasteiger charge is -2.17. The number of Topliss-reactive ketones (excluding diaryl/α,β-unsaturated/α-hetero) is 1. The van der Waals surface area contributed by atoms with Crippen LogP contribution in [0.4, 0.5) is 22.0 Å². The Balaban J connectivity index is 1.80. The highest BCUT2D eigenvalue weighted by Gasteiger charge is 2.28. The molecule has 10 heteroatoms. The molecule has 0 bridgehead atoms. The number of rotatable bonds is 7. The van der Waals surface area contributed by atoms with Crippen LogP contribution >= 0.6 is 0 Å². The van der Waals surface area contributed by atoms with Crippen LogP contribution in [0.3, 0.4) is 0 Å². The number of carbonyl (C=O) groups excluding carboxylic acids is 3. The lowest BCUT2D eigenvalue weighted by Crippen LogP contribution is -2.32. The average molecular weight is 491 g/mol. The monoisotopic (exact) mass is 491 g/mol. The Morgan fingerprint density at radius 2 is 1.12 bits per heavy atom. The van der Waals surface area contributed by atoms with Gasteiger partial charge in [-0.25, -0.2) is 18.0 Å². The Labute approximate surface area is 195 Å². The summed E-state index contributed by atoms with van der Waals surface area (Å²) in [6.07, 6.45) is 11.5. The van der Waals surface area contributed by atoms with Crippen molar-refractivity contribution in [2.75, 3.05) is 6.54 Å². The van der Waals surface area contributed by atoms with Crippen molar-refractivity contribution in [3.63, 3.8) is 0 Å². The van der Waals surface area contributed by atoms with Crippen LogP contribution in [0.25, 0.3) is 0 Å². The van der Waals surface area contributed by atoms with Crippen LogP contribution in [0, 0.1) is 35.0 Å². The highest BCUT2D eigenvalue weighted by Crippen LogP contribution is 2.29. The minimum atomic E-state index is -2.38. The first-order valence-electron chi connectivity index (χ1n) is 11.7. The number of ketones is 1. The Morgan fingerprint density at radius 1 is 0.676 bits per heavy atom. The Morgan fingerprint density at radius 3 is 1.62 bits per heavy atom. The predicted molar refractivity (Wildman–Crippen MR) is 113 cm³/mol. The van der Waals surface area contributed by atoms with Gasteiger partial charge in [-0.05, 0) is 12.8 Å². The molecule has 2 rings (SSSR count). The normalized spacial score (nSPS) is 16.3. The second-order valence-corrected chi connectivity index (χ2v) is 8.57. The lowest BCUT2D eigenvalue weighted by molar-refractivity contribution is -0.136. The second-order valence-electron chi connectivity index (χ2n) is 8.57. The highest BCUT2D eigenvalue weighted by molar-refractivity contribution is 5.88. The summed E-state index contributed by atoms with van der Waals surface area (Å²) in [6.45, 7) is -0.865. The molecule has 34 heavy (non-hydrogen) atoms. The average Bonchev–Trinajstić information content (AvgIpc) is 2.81. The van der Waals surface area contributed by atoms with Gasteiger partial charge in [0.05, 0.1) is 0 Å². The van der Waals surface area contributed by atoms with Gasteiger partial charge in [-0.2, -0.15) is 8.78 Å². The zero-order chi connectivity index (χ0) is 25.1. The molecule has 1 aromatic rings. The maximum absolute atomic E-state index is 13.6. The second kappa shape index (κ2) is 14.0. The molecule has 1 aliphatic carbocycles. The zero-order valence-corrected chi connectivity index (χ0v) is 19.0. The first-order valence-corrected chi connectivity index (χ1v) is 11.7. The van der Waals surface area contributed by atoms with E-state index in [1.807, 2.05) is 0 Å². The number of ether oxygens (including phenoxy) is 1. The van der Waals surface area contributed by atoms with E-state index in [1.165, 1.54) is 19.3 Å². The number of amides is 1. The molecule has 0 aliphatic heterocycles. The Hall–Kier alpha value is -2.52. The first-order chi connectivity index (χ1) is 16.2. The number of hydrogen-bond donors (Lipinski definition) is 1. The number of hydrogen-bond acceptors (Lipinski definition) is 4. The van der Waals surface area contributed by atoms with E-state index >= 15 is 0 Å². The van der Waals surface area contributed by atoms with Crippen LogP contribution < -0.4 is 10.1 Å². The van der Waals surface area contributed by atoms with Crippen LogP contribution in [-0.2, 0) is 14.4 Å². The van der Waals surface area contributed by atoms with Gasteiger partial charge < -0.3 is 10.1 Å². The molecule has 0 spiro atoms. The number of nitrogens with one attached hydrogen (secondary N) is 1. The molecule has 1 amide bonds. The van der Waals surface area contributed by atoms with Crippen molar-refractivity contribution < 1.29 is 41.1 Å². The molecule has 0 radical (unpaired) electrons. The summed E-state index contributed by atoms with van der Waals surface area (Å²) < 4.78 is 70.7. The van der Waals surface area contributed by atoms with E-state index in [0.717, 1.165) is 51.4 Å². The van der Waals surface area contributed by atoms with E-state index in [1.54, 1.807) is 0 Å². The standard InChI is InChI=1S/C24H30F5NO4/c25-19-20(26)22(28)24(23(29)21(19)27)34-18(33)14-30-17(32)13-12-16(31)15-10-8-6-4-2-1-3-5-7-9-11-15/h15H,1-14H2,(H,30,32). The van der Waals surface area contributed by atoms with Gasteiger partial charge in [0.25, 0.3) is 0 Å². The predicted octanol–water partition coefficient (Wildman–Crippen LogP) is 5.67. The van der Waals surface area contributed by atoms with Crippen molar-refractivity contribution >= 4 is 17.7 Å². The molecule has 0 unspecified atom stereocenters. The van der Waals surface area contributed by atoms with Gasteiger partial charge in [0, 0.05) is 18.8 Å². The van der Waals surface area contributed by atoms with Gasteiger partial charge in [-0.15, -0.1) is 0 Å². The molecular weight excluding hydrogens is 461 g/mol. The smallest absolute Gasteiger partial charge is 0.331 e. The molecule has 1 N–H and O–H groups in total. The Kier molecular flexibility index (Phi) is 11.4. The number of halogens is 5. The van der Waals surface area contributed by atoms with Crippen LogP contribution in [-0.4, -0.2) is 24.2 Å². The zero-order valence-electron chi connectivity index (χ0n) is 19.0. The maximum Gasteiger partial charge on any atom is 0.331 e. The molecule has 0 aromatic heterocycles. The highest BCUT2D eigenvalue weighted by atomic mass is 19.2. The summed E-state index contributed by atoms with van der Waals surface area (Å²) in [5.74, 6) is -15.4. The van der Waals surface area contributed by atoms with E-state index in [-0.39, 0.29) is 24.5 Å². The molecule has 5 nitrogen and oxygen atoms in total. The van der Waals surface area contributed by atoms with Crippen LogP contribution in [0.2, 0.25) is 0 Å². The van der Waals surface area contributed by atoms with Crippen molar-refractivity contribution in [2.24, 2.45) is 5.92 Å². The molecule has 0 heterocycles. The summed E-state index contributed by atoms with van der Waals surface area (Å²) in [6, 6.07) is 0. The summed E-state index contributed by atoms with van der Waals surface area (Å²) in [5.41, 5.74) is 0. The summed E-state index contributed by atoms with van der Waals surface area (Å²) in [4.78, 5) is 36.3. The minimum Gasteiger partial charge on any atom is -0.419 e. The third-order valence-corrected chi connectivity index (χ3v) is 5.97. The van der Waals surface area contributed by atoms with Crippen LogP contribution in [0.5, 0.6) is 5.75 Å². The number of benzene rings is 1. The van der Waals surface area contributed by atoms with E-state index in [0.29, 0.717) is 0 Å².